The number of rotatable bonds is 4. The van der Waals surface area contributed by atoms with E-state index in [-0.39, 0.29) is 17.1 Å². The monoisotopic (exact) mass is 346 g/mol. The lowest BCUT2D eigenvalue weighted by atomic mass is 10.2. The fourth-order valence-electron chi connectivity index (χ4n) is 1.75. The highest BCUT2D eigenvalue weighted by Gasteiger charge is 2.14. The van der Waals surface area contributed by atoms with Crippen LogP contribution in [0.4, 0.5) is 0 Å². The summed E-state index contributed by atoms with van der Waals surface area (Å²) < 4.78 is 1.76. The highest BCUT2D eigenvalue weighted by molar-refractivity contribution is 8.01. The van der Waals surface area contributed by atoms with E-state index in [0.717, 1.165) is 19.6 Å². The summed E-state index contributed by atoms with van der Waals surface area (Å²) in [6.45, 7) is 1.87. The molecular formula is C14H10N4OS3. The van der Waals surface area contributed by atoms with Gasteiger partial charge in [-0.05, 0) is 19.1 Å². The lowest BCUT2D eigenvalue weighted by Gasteiger charge is -1.99. The molecule has 2 aromatic heterocycles. The van der Waals surface area contributed by atoms with E-state index in [2.05, 4.69) is 21.3 Å². The van der Waals surface area contributed by atoms with Crippen LogP contribution >= 0.6 is 34.4 Å². The van der Waals surface area contributed by atoms with Gasteiger partial charge in [-0.3, -0.25) is 0 Å². The molecule has 0 aliphatic rings. The summed E-state index contributed by atoms with van der Waals surface area (Å²) in [5.74, 6) is 0.285. The Labute approximate surface area is 139 Å². The summed E-state index contributed by atoms with van der Waals surface area (Å²) in [5.41, 5.74) is 1.05. The zero-order chi connectivity index (χ0) is 15.5. The first-order valence-corrected chi connectivity index (χ1v) is 8.90. The first-order valence-electron chi connectivity index (χ1n) is 6.28. The molecule has 0 amide bonds. The van der Waals surface area contributed by atoms with Gasteiger partial charge in [-0.1, -0.05) is 35.2 Å². The molecule has 0 spiro atoms. The number of nitriles is 1. The molecule has 1 N–H and O–H groups in total. The Hall–Kier alpha value is -1.95. The van der Waals surface area contributed by atoms with Crippen LogP contribution in [0.25, 0.3) is 15.8 Å². The number of benzene rings is 1. The van der Waals surface area contributed by atoms with Gasteiger partial charge in [0, 0.05) is 0 Å². The zero-order valence-corrected chi connectivity index (χ0v) is 13.9. The van der Waals surface area contributed by atoms with Gasteiger partial charge in [0.15, 0.2) is 4.34 Å². The van der Waals surface area contributed by atoms with Gasteiger partial charge >= 0.3 is 0 Å². The molecule has 0 aliphatic heterocycles. The molecule has 0 atom stereocenters. The summed E-state index contributed by atoms with van der Waals surface area (Å²) in [4.78, 5) is 4.41. The number of fused-ring (bicyclic) bond motifs is 1. The van der Waals surface area contributed by atoms with Crippen LogP contribution in [-0.4, -0.2) is 26.0 Å². The van der Waals surface area contributed by atoms with Gasteiger partial charge in [0.05, 0.1) is 16.0 Å². The molecule has 8 heteroatoms. The predicted molar refractivity (Wildman–Crippen MR) is 90.2 cm³/mol. The number of hydrogen-bond acceptors (Lipinski definition) is 8. The van der Waals surface area contributed by atoms with Crippen molar-refractivity contribution in [3.8, 4) is 6.07 Å². The van der Waals surface area contributed by atoms with Crippen LogP contribution in [0, 0.1) is 18.3 Å². The van der Waals surface area contributed by atoms with Crippen LogP contribution in [0.3, 0.4) is 0 Å². The molecule has 0 aliphatic carbocycles. The number of hydrogen-bond donors (Lipinski definition) is 1. The molecule has 3 aromatic rings. The fourth-order valence-corrected chi connectivity index (χ4v) is 4.43. The molecule has 2 heterocycles. The maximum Gasteiger partial charge on any atom is 0.174 e. The molecule has 0 saturated carbocycles. The van der Waals surface area contributed by atoms with E-state index in [1.807, 2.05) is 31.2 Å². The van der Waals surface area contributed by atoms with Gasteiger partial charge in [-0.15, -0.1) is 21.5 Å². The van der Waals surface area contributed by atoms with Gasteiger partial charge < -0.3 is 5.11 Å². The van der Waals surface area contributed by atoms with Gasteiger partial charge in [-0.25, -0.2) is 4.98 Å². The quantitative estimate of drug-likeness (QED) is 0.436. The third-order valence-electron chi connectivity index (χ3n) is 2.75. The Morgan fingerprint density at radius 3 is 2.82 bits per heavy atom. The Bertz CT molecular complexity index is 858. The number of thiazole rings is 1. The zero-order valence-electron chi connectivity index (χ0n) is 11.5. The van der Waals surface area contributed by atoms with E-state index in [1.54, 1.807) is 0 Å². The normalized spacial score (nSPS) is 12.2. The first kappa shape index (κ1) is 15.0. The van der Waals surface area contributed by atoms with Crippen molar-refractivity contribution in [2.75, 3.05) is 5.75 Å². The van der Waals surface area contributed by atoms with Crippen LogP contribution in [-0.2, 0) is 0 Å². The lowest BCUT2D eigenvalue weighted by molar-refractivity contribution is 0.421. The van der Waals surface area contributed by atoms with Crippen molar-refractivity contribution >= 4 is 50.2 Å². The number of aliphatic hydroxyl groups is 1. The van der Waals surface area contributed by atoms with E-state index < -0.39 is 0 Å². The third kappa shape index (κ3) is 3.11. The molecule has 0 fully saturated rings. The molecule has 0 saturated heterocycles. The number of thioether (sulfide) groups is 1. The first-order chi connectivity index (χ1) is 10.7. The van der Waals surface area contributed by atoms with E-state index in [1.165, 1.54) is 34.4 Å². The second-order valence-electron chi connectivity index (χ2n) is 4.30. The van der Waals surface area contributed by atoms with Gasteiger partial charge in [0.25, 0.3) is 0 Å². The number of nitrogens with zero attached hydrogens (tertiary/aromatic N) is 4. The fraction of sp³-hybridized carbons (Fsp3) is 0.143. The number of aromatic nitrogens is 3. The van der Waals surface area contributed by atoms with Crippen LogP contribution < -0.4 is 0 Å². The summed E-state index contributed by atoms with van der Waals surface area (Å²) in [6, 6.07) is 9.71. The van der Waals surface area contributed by atoms with Crippen LogP contribution in [0.2, 0.25) is 0 Å². The SMILES string of the molecule is Cc1nnc(SCC(O)=C(C#N)c2nc3ccccc3s2)s1. The van der Waals surface area contributed by atoms with Crippen molar-refractivity contribution in [3.63, 3.8) is 0 Å². The van der Waals surface area contributed by atoms with Gasteiger partial charge in [0.2, 0.25) is 0 Å². The maximum atomic E-state index is 10.2. The van der Waals surface area contributed by atoms with E-state index in [4.69, 9.17) is 0 Å². The number of aliphatic hydroxyl groups excluding tert-OH is 1. The lowest BCUT2D eigenvalue weighted by Crippen LogP contribution is -1.92. The minimum absolute atomic E-state index is 0.0133. The molecule has 0 radical (unpaired) electrons. The van der Waals surface area contributed by atoms with Crippen LogP contribution in [0.1, 0.15) is 10.0 Å². The second-order valence-corrected chi connectivity index (χ2v) is 7.73. The minimum atomic E-state index is 0.0133. The van der Waals surface area contributed by atoms with Crippen LogP contribution in [0.15, 0.2) is 34.4 Å². The highest BCUT2D eigenvalue weighted by Crippen LogP contribution is 2.30. The van der Waals surface area contributed by atoms with Gasteiger partial charge in [0.1, 0.15) is 27.4 Å². The largest absolute Gasteiger partial charge is 0.510 e. The molecule has 1 aromatic carbocycles. The molecule has 0 unspecified atom stereocenters. The average Bonchev–Trinajstić information content (AvgIpc) is 3.11. The van der Waals surface area contributed by atoms with Crippen LogP contribution in [0.5, 0.6) is 0 Å². The maximum absolute atomic E-state index is 10.2. The van der Waals surface area contributed by atoms with E-state index in [0.29, 0.717) is 5.01 Å². The minimum Gasteiger partial charge on any atom is -0.510 e. The third-order valence-corrected chi connectivity index (χ3v) is 5.79. The molecule has 0 bridgehead atoms. The number of allylic oxidation sites excluding steroid dienone is 1. The van der Waals surface area contributed by atoms with E-state index >= 15 is 0 Å². The topological polar surface area (TPSA) is 82.7 Å². The number of para-hydroxylation sites is 1. The Balaban J connectivity index is 1.86. The highest BCUT2D eigenvalue weighted by atomic mass is 32.2. The summed E-state index contributed by atoms with van der Waals surface area (Å²) in [7, 11) is 0. The standard InChI is InChI=1S/C14H10N4OS3/c1-8-17-18-14(21-8)20-7-11(19)9(6-15)13-16-10-4-2-3-5-12(10)22-13/h2-5,19H,7H2,1H3. The van der Waals surface area contributed by atoms with Crippen molar-refractivity contribution in [2.45, 2.75) is 11.3 Å². The van der Waals surface area contributed by atoms with Crippen molar-refractivity contribution < 1.29 is 5.11 Å². The predicted octanol–water partition coefficient (Wildman–Crippen LogP) is 4.04. The molecule has 22 heavy (non-hydrogen) atoms. The molecule has 110 valence electrons. The van der Waals surface area contributed by atoms with Crippen molar-refractivity contribution in [1.82, 2.24) is 15.2 Å². The Morgan fingerprint density at radius 1 is 1.32 bits per heavy atom. The van der Waals surface area contributed by atoms with Crippen molar-refractivity contribution in [3.05, 3.63) is 40.0 Å². The molecule has 3 rings (SSSR count). The van der Waals surface area contributed by atoms with Crippen molar-refractivity contribution in [1.29, 1.82) is 5.26 Å². The molecular weight excluding hydrogens is 336 g/mol. The Morgan fingerprint density at radius 2 is 2.14 bits per heavy atom. The smallest absolute Gasteiger partial charge is 0.174 e. The Kier molecular flexibility index (Phi) is 4.38. The number of aryl methyl sites for hydroxylation is 1. The van der Waals surface area contributed by atoms with Crippen molar-refractivity contribution in [2.24, 2.45) is 0 Å². The average molecular weight is 346 g/mol. The summed E-state index contributed by atoms with van der Waals surface area (Å²) in [6.07, 6.45) is 0. The van der Waals surface area contributed by atoms with Gasteiger partial charge in [-0.2, -0.15) is 5.26 Å². The second kappa shape index (κ2) is 6.44. The van der Waals surface area contributed by atoms with E-state index in [9.17, 15) is 10.4 Å². The molecule has 5 nitrogen and oxygen atoms in total. The summed E-state index contributed by atoms with van der Waals surface area (Å²) in [5, 5.41) is 28.9. The summed E-state index contributed by atoms with van der Waals surface area (Å²) >= 11 is 4.22.